The quantitative estimate of drug-likeness (QED) is 0.647. The smallest absolute Gasteiger partial charge is 0.191 e. The Kier molecular flexibility index (Phi) is 5.80. The molecular weight excluding hydrogens is 318 g/mol. The monoisotopic (exact) mass is 343 g/mol. The molecule has 1 fully saturated rings. The molecule has 2 atom stereocenters. The van der Waals surface area contributed by atoms with Crippen LogP contribution in [0.4, 0.5) is 0 Å². The molecule has 6 heteroatoms. The van der Waals surface area contributed by atoms with Crippen molar-refractivity contribution >= 4 is 17.7 Å². The van der Waals surface area contributed by atoms with Crippen LogP contribution in [0.25, 0.3) is 5.69 Å². The van der Waals surface area contributed by atoms with Crippen LogP contribution in [-0.2, 0) is 6.54 Å². The molecule has 0 radical (unpaired) electrons. The van der Waals surface area contributed by atoms with Crippen LogP contribution in [0.3, 0.4) is 0 Å². The molecule has 0 aliphatic heterocycles. The normalized spacial score (nSPS) is 21.0. The van der Waals surface area contributed by atoms with Gasteiger partial charge >= 0.3 is 0 Å². The molecule has 1 aliphatic carbocycles. The summed E-state index contributed by atoms with van der Waals surface area (Å²) in [6, 6.07) is 10.8. The molecule has 1 aromatic heterocycles. The number of thioether (sulfide) groups is 1. The van der Waals surface area contributed by atoms with Crippen molar-refractivity contribution in [2.24, 2.45) is 4.99 Å². The van der Waals surface area contributed by atoms with Crippen molar-refractivity contribution in [2.75, 3.05) is 13.3 Å². The summed E-state index contributed by atoms with van der Waals surface area (Å²) in [5.74, 6) is 0.881. The number of rotatable bonds is 5. The molecule has 0 spiro atoms. The Morgan fingerprint density at radius 2 is 2.29 bits per heavy atom. The van der Waals surface area contributed by atoms with Crippen LogP contribution < -0.4 is 10.6 Å². The minimum absolute atomic E-state index is 0.532. The molecule has 1 aromatic carbocycles. The summed E-state index contributed by atoms with van der Waals surface area (Å²) in [5.41, 5.74) is 2.28. The summed E-state index contributed by atoms with van der Waals surface area (Å²) >= 11 is 1.97. The van der Waals surface area contributed by atoms with Crippen molar-refractivity contribution in [3.63, 3.8) is 0 Å². The molecule has 0 bridgehead atoms. The van der Waals surface area contributed by atoms with Crippen LogP contribution in [0.2, 0.25) is 0 Å². The average Bonchev–Trinajstić information content (AvgIpc) is 3.30. The van der Waals surface area contributed by atoms with Crippen molar-refractivity contribution < 1.29 is 0 Å². The lowest BCUT2D eigenvalue weighted by Crippen LogP contribution is -2.42. The van der Waals surface area contributed by atoms with E-state index in [1.165, 1.54) is 24.8 Å². The van der Waals surface area contributed by atoms with Crippen molar-refractivity contribution in [3.05, 3.63) is 48.3 Å². The number of benzene rings is 1. The van der Waals surface area contributed by atoms with Gasteiger partial charge in [0, 0.05) is 37.3 Å². The molecule has 24 heavy (non-hydrogen) atoms. The molecule has 2 aromatic rings. The third-order valence-electron chi connectivity index (χ3n) is 4.42. The van der Waals surface area contributed by atoms with E-state index in [1.807, 2.05) is 35.8 Å². The number of hydrogen-bond donors (Lipinski definition) is 2. The average molecular weight is 344 g/mol. The maximum absolute atomic E-state index is 4.36. The molecule has 0 amide bonds. The SMILES string of the molecule is CN=C(NCc1cccc(-n2cccn2)c1)NC1CCC(SC)C1. The Morgan fingerprint density at radius 1 is 1.38 bits per heavy atom. The highest BCUT2D eigenvalue weighted by atomic mass is 32.2. The van der Waals surface area contributed by atoms with Gasteiger partial charge in [-0.2, -0.15) is 16.9 Å². The highest BCUT2D eigenvalue weighted by Crippen LogP contribution is 2.28. The van der Waals surface area contributed by atoms with Gasteiger partial charge in [-0.1, -0.05) is 12.1 Å². The molecule has 2 unspecified atom stereocenters. The van der Waals surface area contributed by atoms with E-state index in [0.29, 0.717) is 6.04 Å². The van der Waals surface area contributed by atoms with E-state index in [2.05, 4.69) is 51.2 Å². The van der Waals surface area contributed by atoms with Gasteiger partial charge in [-0.05, 0) is 49.3 Å². The summed E-state index contributed by atoms with van der Waals surface area (Å²) in [7, 11) is 1.83. The third kappa shape index (κ3) is 4.32. The Balaban J connectivity index is 1.55. The van der Waals surface area contributed by atoms with Gasteiger partial charge in [-0.25, -0.2) is 4.68 Å². The Labute approximate surface area is 147 Å². The summed E-state index contributed by atoms with van der Waals surface area (Å²) in [5, 5.41) is 12.0. The standard InChI is InChI=1S/C18H25N5S/c1-19-18(22-15-7-8-17(12-15)24-2)20-13-14-5-3-6-16(11-14)23-10-4-9-21-23/h3-6,9-11,15,17H,7-8,12-13H2,1-2H3,(H2,19,20,22). The van der Waals surface area contributed by atoms with Crippen LogP contribution >= 0.6 is 11.8 Å². The summed E-state index contributed by atoms with van der Waals surface area (Å²) in [4.78, 5) is 4.36. The van der Waals surface area contributed by atoms with E-state index in [0.717, 1.165) is 23.4 Å². The Hall–Kier alpha value is -1.95. The predicted molar refractivity (Wildman–Crippen MR) is 102 cm³/mol. The van der Waals surface area contributed by atoms with E-state index >= 15 is 0 Å². The van der Waals surface area contributed by atoms with E-state index in [1.54, 1.807) is 6.20 Å². The molecule has 3 rings (SSSR count). The number of guanidine groups is 1. The number of hydrogen-bond acceptors (Lipinski definition) is 3. The van der Waals surface area contributed by atoms with Gasteiger partial charge in [0.15, 0.2) is 5.96 Å². The van der Waals surface area contributed by atoms with E-state index in [-0.39, 0.29) is 0 Å². The fourth-order valence-corrected chi connectivity index (χ4v) is 3.89. The lowest BCUT2D eigenvalue weighted by atomic mass is 10.2. The Morgan fingerprint density at radius 3 is 3.00 bits per heavy atom. The van der Waals surface area contributed by atoms with E-state index < -0.39 is 0 Å². The molecule has 0 saturated heterocycles. The second kappa shape index (κ2) is 8.24. The summed E-state index contributed by atoms with van der Waals surface area (Å²) in [6.45, 7) is 0.744. The van der Waals surface area contributed by atoms with Crippen molar-refractivity contribution in [3.8, 4) is 5.69 Å². The fourth-order valence-electron chi connectivity index (χ4n) is 3.09. The Bertz CT molecular complexity index is 668. The van der Waals surface area contributed by atoms with Crippen LogP contribution in [0.5, 0.6) is 0 Å². The minimum atomic E-state index is 0.532. The number of nitrogens with zero attached hydrogens (tertiary/aromatic N) is 3. The third-order valence-corrected chi connectivity index (χ3v) is 5.52. The van der Waals surface area contributed by atoms with Crippen LogP contribution in [-0.4, -0.2) is 40.3 Å². The molecule has 1 aliphatic rings. The number of aliphatic imine (C=N–C) groups is 1. The van der Waals surface area contributed by atoms with Gasteiger partial charge in [-0.3, -0.25) is 4.99 Å². The second-order valence-electron chi connectivity index (χ2n) is 6.06. The van der Waals surface area contributed by atoms with Crippen molar-refractivity contribution in [1.29, 1.82) is 0 Å². The molecule has 2 N–H and O–H groups in total. The zero-order valence-electron chi connectivity index (χ0n) is 14.3. The maximum Gasteiger partial charge on any atom is 0.191 e. The summed E-state index contributed by atoms with van der Waals surface area (Å²) in [6.07, 6.45) is 9.68. The van der Waals surface area contributed by atoms with Crippen molar-refractivity contribution in [1.82, 2.24) is 20.4 Å². The lowest BCUT2D eigenvalue weighted by Gasteiger charge is -2.17. The topological polar surface area (TPSA) is 54.2 Å². The van der Waals surface area contributed by atoms with Gasteiger partial charge < -0.3 is 10.6 Å². The van der Waals surface area contributed by atoms with Crippen LogP contribution in [0.15, 0.2) is 47.7 Å². The summed E-state index contributed by atoms with van der Waals surface area (Å²) < 4.78 is 1.87. The van der Waals surface area contributed by atoms with Gasteiger partial charge in [0.05, 0.1) is 5.69 Å². The first-order chi connectivity index (χ1) is 11.8. The van der Waals surface area contributed by atoms with Crippen LogP contribution in [0, 0.1) is 0 Å². The maximum atomic E-state index is 4.36. The largest absolute Gasteiger partial charge is 0.354 e. The zero-order valence-corrected chi connectivity index (χ0v) is 15.1. The lowest BCUT2D eigenvalue weighted by molar-refractivity contribution is 0.614. The van der Waals surface area contributed by atoms with Gasteiger partial charge in [-0.15, -0.1) is 0 Å². The molecule has 1 heterocycles. The second-order valence-corrected chi connectivity index (χ2v) is 7.20. The first kappa shape index (κ1) is 16.9. The molecular formula is C18H25N5S. The van der Waals surface area contributed by atoms with Gasteiger partial charge in [0.2, 0.25) is 0 Å². The van der Waals surface area contributed by atoms with Crippen molar-refractivity contribution in [2.45, 2.75) is 37.1 Å². The molecule has 128 valence electrons. The van der Waals surface area contributed by atoms with E-state index in [4.69, 9.17) is 0 Å². The fraction of sp³-hybridized carbons (Fsp3) is 0.444. The predicted octanol–water partition coefficient (Wildman–Crippen LogP) is 2.82. The zero-order chi connectivity index (χ0) is 16.8. The highest BCUT2D eigenvalue weighted by Gasteiger charge is 2.24. The van der Waals surface area contributed by atoms with Gasteiger partial charge in [0.25, 0.3) is 0 Å². The highest BCUT2D eigenvalue weighted by molar-refractivity contribution is 7.99. The number of nitrogens with one attached hydrogen (secondary N) is 2. The first-order valence-electron chi connectivity index (χ1n) is 8.37. The number of aromatic nitrogens is 2. The molecule has 1 saturated carbocycles. The minimum Gasteiger partial charge on any atom is -0.354 e. The van der Waals surface area contributed by atoms with Gasteiger partial charge in [0.1, 0.15) is 0 Å². The molecule has 5 nitrogen and oxygen atoms in total. The van der Waals surface area contributed by atoms with Crippen LogP contribution in [0.1, 0.15) is 24.8 Å². The first-order valence-corrected chi connectivity index (χ1v) is 9.66. The van der Waals surface area contributed by atoms with E-state index in [9.17, 15) is 0 Å².